The zero-order chi connectivity index (χ0) is 22.5. The minimum absolute atomic E-state index is 0.0508. The summed E-state index contributed by atoms with van der Waals surface area (Å²) in [6.07, 6.45) is 10.3. The van der Waals surface area contributed by atoms with Crippen molar-refractivity contribution in [2.24, 2.45) is 5.92 Å². The Bertz CT molecular complexity index is 998. The van der Waals surface area contributed by atoms with Gasteiger partial charge >= 0.3 is 0 Å². The van der Waals surface area contributed by atoms with Crippen molar-refractivity contribution in [2.75, 3.05) is 18.0 Å². The van der Waals surface area contributed by atoms with Gasteiger partial charge in [-0.05, 0) is 56.4 Å². The molecule has 7 heteroatoms. The third-order valence-corrected chi connectivity index (χ3v) is 7.16. The Morgan fingerprint density at radius 1 is 1.03 bits per heavy atom. The number of carbonyl (C=O) groups is 1. The first-order valence-electron chi connectivity index (χ1n) is 11.9. The topological polar surface area (TPSA) is 67.2 Å². The SMILES string of the molecule is Cc1ccc(-n2nc(N3CCC[C@H](C(=O)NC4CCCCCCC4)C3)ccc2=O)cc1Cl. The molecular weight excluding hydrogens is 424 g/mol. The summed E-state index contributed by atoms with van der Waals surface area (Å²) in [7, 11) is 0. The second-order valence-corrected chi connectivity index (χ2v) is 9.62. The summed E-state index contributed by atoms with van der Waals surface area (Å²) in [4.78, 5) is 27.6. The average molecular weight is 457 g/mol. The van der Waals surface area contributed by atoms with E-state index in [1.807, 2.05) is 19.1 Å². The molecule has 1 N–H and O–H groups in total. The molecule has 172 valence electrons. The van der Waals surface area contributed by atoms with Crippen molar-refractivity contribution in [3.05, 3.63) is 51.3 Å². The van der Waals surface area contributed by atoms with Crippen LogP contribution in [0, 0.1) is 12.8 Å². The van der Waals surface area contributed by atoms with Crippen molar-refractivity contribution >= 4 is 23.3 Å². The molecule has 2 fully saturated rings. The monoisotopic (exact) mass is 456 g/mol. The zero-order valence-corrected chi connectivity index (χ0v) is 19.6. The lowest BCUT2D eigenvalue weighted by Gasteiger charge is -2.34. The van der Waals surface area contributed by atoms with Crippen LogP contribution >= 0.6 is 11.6 Å². The van der Waals surface area contributed by atoms with Crippen molar-refractivity contribution in [1.29, 1.82) is 0 Å². The first-order chi connectivity index (χ1) is 15.5. The Balaban J connectivity index is 1.46. The third kappa shape index (κ3) is 5.52. The number of aryl methyl sites for hydroxylation is 1. The van der Waals surface area contributed by atoms with Crippen LogP contribution in [-0.4, -0.2) is 34.8 Å². The molecule has 2 heterocycles. The van der Waals surface area contributed by atoms with Gasteiger partial charge in [-0.15, -0.1) is 5.10 Å². The maximum absolute atomic E-state index is 13.0. The summed E-state index contributed by atoms with van der Waals surface area (Å²) < 4.78 is 1.39. The predicted octanol–water partition coefficient (Wildman–Crippen LogP) is 4.64. The van der Waals surface area contributed by atoms with Crippen LogP contribution in [-0.2, 0) is 4.79 Å². The van der Waals surface area contributed by atoms with Gasteiger partial charge in [-0.2, -0.15) is 4.68 Å². The average Bonchev–Trinajstić information content (AvgIpc) is 2.78. The Morgan fingerprint density at radius 2 is 1.78 bits per heavy atom. The van der Waals surface area contributed by atoms with Crippen LogP contribution in [0.5, 0.6) is 0 Å². The van der Waals surface area contributed by atoms with E-state index in [1.165, 1.54) is 42.9 Å². The molecule has 1 atom stereocenters. The van der Waals surface area contributed by atoms with Crippen molar-refractivity contribution in [2.45, 2.75) is 70.8 Å². The summed E-state index contributed by atoms with van der Waals surface area (Å²) >= 11 is 6.26. The van der Waals surface area contributed by atoms with E-state index in [0.717, 1.165) is 37.8 Å². The lowest BCUT2D eigenvalue weighted by molar-refractivity contribution is -0.126. The van der Waals surface area contributed by atoms with E-state index >= 15 is 0 Å². The largest absolute Gasteiger partial charge is 0.354 e. The van der Waals surface area contributed by atoms with Gasteiger partial charge in [-0.1, -0.05) is 49.8 Å². The standard InChI is InChI=1S/C25H33ClN4O2/c1-18-11-12-21(16-22(18)26)30-24(31)14-13-23(28-30)29-15-7-8-19(17-29)25(32)27-20-9-5-3-2-4-6-10-20/h11-14,16,19-20H,2-10,15,17H2,1H3,(H,27,32)/t19-/m0/s1. The number of piperidine rings is 1. The van der Waals surface area contributed by atoms with Gasteiger partial charge in [0.25, 0.3) is 5.56 Å². The predicted molar refractivity (Wildman–Crippen MR) is 129 cm³/mol. The molecule has 1 aliphatic heterocycles. The van der Waals surface area contributed by atoms with E-state index in [2.05, 4.69) is 15.3 Å². The fourth-order valence-electron chi connectivity index (χ4n) is 4.79. The zero-order valence-electron chi connectivity index (χ0n) is 18.9. The molecule has 0 spiro atoms. The van der Waals surface area contributed by atoms with Crippen LogP contribution < -0.4 is 15.8 Å². The summed E-state index contributed by atoms with van der Waals surface area (Å²) in [5.41, 5.74) is 1.39. The Labute approximate surface area is 195 Å². The van der Waals surface area contributed by atoms with Gasteiger partial charge in [0.2, 0.25) is 5.91 Å². The lowest BCUT2D eigenvalue weighted by Crippen LogP contribution is -2.46. The normalized spacial score (nSPS) is 20.4. The summed E-state index contributed by atoms with van der Waals surface area (Å²) in [6.45, 7) is 3.37. The fourth-order valence-corrected chi connectivity index (χ4v) is 4.96. The quantitative estimate of drug-likeness (QED) is 0.727. The Morgan fingerprint density at radius 3 is 2.53 bits per heavy atom. The smallest absolute Gasteiger partial charge is 0.271 e. The van der Waals surface area contributed by atoms with Gasteiger partial charge in [0.05, 0.1) is 11.6 Å². The number of hydrogen-bond donors (Lipinski definition) is 1. The van der Waals surface area contributed by atoms with Gasteiger partial charge in [0.1, 0.15) is 5.82 Å². The maximum atomic E-state index is 13.0. The van der Waals surface area contributed by atoms with Gasteiger partial charge in [-0.3, -0.25) is 9.59 Å². The number of aromatic nitrogens is 2. The highest BCUT2D eigenvalue weighted by Gasteiger charge is 2.28. The highest BCUT2D eigenvalue weighted by Crippen LogP contribution is 2.24. The Kier molecular flexibility index (Phi) is 7.51. The molecule has 1 amide bonds. The van der Waals surface area contributed by atoms with Crippen molar-refractivity contribution in [1.82, 2.24) is 15.1 Å². The van der Waals surface area contributed by atoms with Gasteiger partial charge in [-0.25, -0.2) is 0 Å². The van der Waals surface area contributed by atoms with Crippen LogP contribution in [0.25, 0.3) is 5.69 Å². The van der Waals surface area contributed by atoms with Gasteiger partial charge < -0.3 is 10.2 Å². The molecule has 2 aromatic rings. The molecule has 1 saturated carbocycles. The number of benzene rings is 1. The number of nitrogens with zero attached hydrogens (tertiary/aromatic N) is 3. The van der Waals surface area contributed by atoms with E-state index < -0.39 is 0 Å². The number of hydrogen-bond acceptors (Lipinski definition) is 4. The minimum atomic E-state index is -0.204. The van der Waals surface area contributed by atoms with Crippen molar-refractivity contribution in [3.63, 3.8) is 0 Å². The number of carbonyl (C=O) groups excluding carboxylic acids is 1. The number of nitrogens with one attached hydrogen (secondary N) is 1. The molecule has 1 aromatic heterocycles. The van der Waals surface area contributed by atoms with Crippen LogP contribution in [0.3, 0.4) is 0 Å². The molecular formula is C25H33ClN4O2. The van der Waals surface area contributed by atoms with E-state index in [9.17, 15) is 9.59 Å². The van der Waals surface area contributed by atoms with E-state index in [-0.39, 0.29) is 17.4 Å². The highest BCUT2D eigenvalue weighted by atomic mass is 35.5. The van der Waals surface area contributed by atoms with Crippen LogP contribution in [0.2, 0.25) is 5.02 Å². The van der Waals surface area contributed by atoms with Crippen LogP contribution in [0.1, 0.15) is 63.4 Å². The molecule has 6 nitrogen and oxygen atoms in total. The summed E-state index contributed by atoms with van der Waals surface area (Å²) in [6, 6.07) is 9.09. The van der Waals surface area contributed by atoms with E-state index in [4.69, 9.17) is 11.6 Å². The second-order valence-electron chi connectivity index (χ2n) is 9.21. The molecule has 32 heavy (non-hydrogen) atoms. The first kappa shape index (κ1) is 22.8. The molecule has 1 aliphatic carbocycles. The molecule has 1 aromatic carbocycles. The van der Waals surface area contributed by atoms with Gasteiger partial charge in [0.15, 0.2) is 0 Å². The maximum Gasteiger partial charge on any atom is 0.271 e. The number of amides is 1. The van der Waals surface area contributed by atoms with E-state index in [1.54, 1.807) is 12.1 Å². The van der Waals surface area contributed by atoms with Crippen LogP contribution in [0.15, 0.2) is 35.1 Å². The summed E-state index contributed by atoms with van der Waals surface area (Å²) in [5, 5.41) is 8.54. The summed E-state index contributed by atoms with van der Waals surface area (Å²) in [5.74, 6) is 0.828. The van der Waals surface area contributed by atoms with Crippen molar-refractivity contribution < 1.29 is 4.79 Å². The van der Waals surface area contributed by atoms with Crippen LogP contribution in [0.4, 0.5) is 5.82 Å². The molecule has 0 radical (unpaired) electrons. The van der Waals surface area contributed by atoms with E-state index in [0.29, 0.717) is 29.1 Å². The molecule has 0 bridgehead atoms. The fraction of sp³-hybridized carbons (Fsp3) is 0.560. The number of rotatable bonds is 4. The molecule has 0 unspecified atom stereocenters. The van der Waals surface area contributed by atoms with Gasteiger partial charge in [0, 0.05) is 30.2 Å². The lowest BCUT2D eigenvalue weighted by atomic mass is 9.94. The third-order valence-electron chi connectivity index (χ3n) is 6.75. The first-order valence-corrected chi connectivity index (χ1v) is 12.3. The number of anilines is 1. The number of halogens is 1. The minimum Gasteiger partial charge on any atom is -0.354 e. The molecule has 4 rings (SSSR count). The Hall–Kier alpha value is -2.34. The van der Waals surface area contributed by atoms with Crippen molar-refractivity contribution in [3.8, 4) is 5.69 Å². The second kappa shape index (κ2) is 10.5. The molecule has 1 saturated heterocycles. The highest BCUT2D eigenvalue weighted by molar-refractivity contribution is 6.31. The molecule has 2 aliphatic rings.